The second-order valence-electron chi connectivity index (χ2n) is 11.6. The predicted octanol–water partition coefficient (Wildman–Crippen LogP) is 10.2. The van der Waals surface area contributed by atoms with Crippen molar-refractivity contribution >= 4 is 12.2 Å². The molecule has 0 aliphatic heterocycles. The fourth-order valence-electron chi connectivity index (χ4n) is 6.66. The maximum atomic E-state index is 2.53. The van der Waals surface area contributed by atoms with E-state index in [1.807, 2.05) is 0 Å². The van der Waals surface area contributed by atoms with Crippen LogP contribution in [0.1, 0.15) is 64.8 Å². The van der Waals surface area contributed by atoms with Gasteiger partial charge >= 0.3 is 0 Å². The van der Waals surface area contributed by atoms with E-state index in [2.05, 4.69) is 126 Å². The van der Waals surface area contributed by atoms with Crippen molar-refractivity contribution in [2.75, 3.05) is 0 Å². The van der Waals surface area contributed by atoms with E-state index in [9.17, 15) is 0 Å². The fourth-order valence-corrected chi connectivity index (χ4v) is 6.66. The Morgan fingerprint density at radius 2 is 0.947 bits per heavy atom. The minimum absolute atomic E-state index is 0.0376. The van der Waals surface area contributed by atoms with Crippen LogP contribution in [0, 0.1) is 33.1 Å². The molecule has 2 aliphatic rings. The first-order valence-corrected chi connectivity index (χ1v) is 14.1. The van der Waals surface area contributed by atoms with E-state index in [4.69, 9.17) is 0 Å². The summed E-state index contributed by atoms with van der Waals surface area (Å²) in [7, 11) is 0. The second-order valence-corrected chi connectivity index (χ2v) is 11.6. The first kappa shape index (κ1) is 24.7. The molecule has 4 aromatic carbocycles. The number of hydrogen-bond donors (Lipinski definition) is 0. The van der Waals surface area contributed by atoms with Crippen LogP contribution in [-0.2, 0) is 12.8 Å². The largest absolute Gasteiger partial charge is 0.0642 e. The van der Waals surface area contributed by atoms with Gasteiger partial charge in [0.25, 0.3) is 0 Å². The van der Waals surface area contributed by atoms with Gasteiger partial charge < -0.3 is 0 Å². The lowest BCUT2D eigenvalue weighted by Crippen LogP contribution is -2.21. The molecule has 190 valence electrons. The summed E-state index contributed by atoms with van der Waals surface area (Å²) in [6.07, 6.45) is 8.24. The highest BCUT2D eigenvalue weighted by molar-refractivity contribution is 5.86. The molecule has 0 saturated heterocycles. The van der Waals surface area contributed by atoms with Crippen LogP contribution in [0.4, 0.5) is 0 Å². The van der Waals surface area contributed by atoms with E-state index in [1.54, 1.807) is 11.1 Å². The molecule has 0 unspecified atom stereocenters. The number of allylic oxidation sites excluding steroid dienone is 2. The summed E-state index contributed by atoms with van der Waals surface area (Å²) >= 11 is 0. The van der Waals surface area contributed by atoms with Crippen molar-refractivity contribution in [1.82, 2.24) is 0 Å². The Labute approximate surface area is 228 Å². The van der Waals surface area contributed by atoms with Gasteiger partial charge in [-0.25, -0.2) is 0 Å². The molecule has 4 aromatic rings. The zero-order valence-electron chi connectivity index (χ0n) is 23.7. The average Bonchev–Trinajstić information content (AvgIpc) is 3.57. The summed E-state index contributed by atoms with van der Waals surface area (Å²) < 4.78 is 0. The lowest BCUT2D eigenvalue weighted by atomic mass is 9.72. The van der Waals surface area contributed by atoms with Gasteiger partial charge in [-0.15, -0.1) is 0 Å². The van der Waals surface area contributed by atoms with E-state index in [1.165, 1.54) is 66.8 Å². The first-order chi connectivity index (χ1) is 18.3. The van der Waals surface area contributed by atoms with Crippen molar-refractivity contribution in [3.05, 3.63) is 128 Å². The Balaban J connectivity index is 1.43. The smallest absolute Gasteiger partial charge is 0.0103 e. The summed E-state index contributed by atoms with van der Waals surface area (Å²) in [6, 6.07) is 27.2. The number of benzene rings is 4. The number of aryl methyl sites for hydroxylation is 2. The molecular formula is C38H38. The maximum Gasteiger partial charge on any atom is 0.0103 e. The van der Waals surface area contributed by atoms with E-state index in [-0.39, 0.29) is 5.41 Å². The van der Waals surface area contributed by atoms with Crippen LogP contribution >= 0.6 is 0 Å². The molecule has 0 heterocycles. The summed E-state index contributed by atoms with van der Waals surface area (Å²) in [6.45, 7) is 13.8. The van der Waals surface area contributed by atoms with Crippen LogP contribution < -0.4 is 0 Å². The van der Waals surface area contributed by atoms with Gasteiger partial charge in [0, 0.05) is 5.41 Å². The molecule has 0 N–H and O–H groups in total. The van der Waals surface area contributed by atoms with E-state index < -0.39 is 0 Å². The minimum atomic E-state index is 0.0376. The molecule has 0 bridgehead atoms. The molecule has 0 atom stereocenters. The lowest BCUT2D eigenvalue weighted by molar-refractivity contribution is 0.452. The van der Waals surface area contributed by atoms with Crippen molar-refractivity contribution < 1.29 is 0 Å². The molecule has 0 spiro atoms. The van der Waals surface area contributed by atoms with Gasteiger partial charge in [0.1, 0.15) is 0 Å². The first-order valence-electron chi connectivity index (χ1n) is 14.1. The topological polar surface area (TPSA) is 0 Å². The van der Waals surface area contributed by atoms with Gasteiger partial charge in [-0.3, -0.25) is 0 Å². The monoisotopic (exact) mass is 494 g/mol. The summed E-state index contributed by atoms with van der Waals surface area (Å²) in [5.41, 5.74) is 19.9. The lowest BCUT2D eigenvalue weighted by Gasteiger charge is -2.32. The van der Waals surface area contributed by atoms with Crippen LogP contribution in [0.3, 0.4) is 0 Å². The van der Waals surface area contributed by atoms with Gasteiger partial charge in [-0.1, -0.05) is 110 Å². The van der Waals surface area contributed by atoms with Gasteiger partial charge in [-0.05, 0) is 114 Å². The molecular weight excluding hydrogens is 456 g/mol. The molecule has 0 amide bonds. The minimum Gasteiger partial charge on any atom is -0.0642 e. The summed E-state index contributed by atoms with van der Waals surface area (Å²) in [4.78, 5) is 0. The molecule has 38 heavy (non-hydrogen) atoms. The normalized spacial score (nSPS) is 14.3. The van der Waals surface area contributed by atoms with E-state index in [0.717, 1.165) is 19.3 Å². The highest BCUT2D eigenvalue weighted by atomic mass is 14.4. The molecule has 0 fully saturated rings. The Hall–Kier alpha value is -3.64. The van der Waals surface area contributed by atoms with Gasteiger partial charge in [0.2, 0.25) is 0 Å². The third-order valence-corrected chi connectivity index (χ3v) is 9.71. The Kier molecular flexibility index (Phi) is 6.03. The molecule has 0 nitrogen and oxygen atoms in total. The SMILES string of the molecule is CCC(C)(C1=Cc2c(cccc2-c2cccc(C)c2C)C1)C1=Cc2c(cccc2-c2cccc(C)c2C)C1. The van der Waals surface area contributed by atoms with Crippen molar-refractivity contribution in [2.45, 2.75) is 60.8 Å². The Bertz CT molecular complexity index is 1520. The van der Waals surface area contributed by atoms with E-state index in [0.29, 0.717) is 0 Å². The molecule has 0 aromatic heterocycles. The van der Waals surface area contributed by atoms with Crippen molar-refractivity contribution in [2.24, 2.45) is 5.41 Å². The van der Waals surface area contributed by atoms with Crippen LogP contribution in [0.5, 0.6) is 0 Å². The van der Waals surface area contributed by atoms with Crippen LogP contribution in [0.25, 0.3) is 34.4 Å². The molecule has 0 heteroatoms. The van der Waals surface area contributed by atoms with Crippen LogP contribution in [-0.4, -0.2) is 0 Å². The van der Waals surface area contributed by atoms with Crippen molar-refractivity contribution in [1.29, 1.82) is 0 Å². The second kappa shape index (κ2) is 9.28. The summed E-state index contributed by atoms with van der Waals surface area (Å²) in [5, 5.41) is 0. The van der Waals surface area contributed by atoms with Crippen LogP contribution in [0.2, 0.25) is 0 Å². The Morgan fingerprint density at radius 1 is 0.553 bits per heavy atom. The quantitative estimate of drug-likeness (QED) is 0.259. The molecule has 0 radical (unpaired) electrons. The standard InChI is InChI=1S/C38H38/c1-7-38(6,30-20-28-14-10-18-34(36(28)22-30)32-16-8-12-24(2)26(32)4)31-21-29-15-11-19-35(37(29)23-31)33-17-9-13-25(3)27(33)5/h8-19,22-23H,7,20-21H2,1-6H3. The average molecular weight is 495 g/mol. The number of rotatable bonds is 5. The molecule has 2 aliphatic carbocycles. The highest BCUT2D eigenvalue weighted by Gasteiger charge is 2.37. The predicted molar refractivity (Wildman–Crippen MR) is 164 cm³/mol. The number of hydrogen-bond acceptors (Lipinski definition) is 0. The van der Waals surface area contributed by atoms with Gasteiger partial charge in [-0.2, -0.15) is 0 Å². The highest BCUT2D eigenvalue weighted by Crippen LogP contribution is 2.50. The Morgan fingerprint density at radius 3 is 1.37 bits per heavy atom. The zero-order valence-corrected chi connectivity index (χ0v) is 23.7. The van der Waals surface area contributed by atoms with Crippen LogP contribution in [0.15, 0.2) is 83.9 Å². The number of fused-ring (bicyclic) bond motifs is 2. The van der Waals surface area contributed by atoms with E-state index >= 15 is 0 Å². The maximum absolute atomic E-state index is 2.53. The fraction of sp³-hybridized carbons (Fsp3) is 0.263. The van der Waals surface area contributed by atoms with Crippen molar-refractivity contribution in [3.63, 3.8) is 0 Å². The van der Waals surface area contributed by atoms with Gasteiger partial charge in [0.15, 0.2) is 0 Å². The van der Waals surface area contributed by atoms with Gasteiger partial charge in [0.05, 0.1) is 0 Å². The zero-order chi connectivity index (χ0) is 26.6. The molecule has 6 rings (SSSR count). The third kappa shape index (κ3) is 3.81. The van der Waals surface area contributed by atoms with Crippen molar-refractivity contribution in [3.8, 4) is 22.3 Å². The third-order valence-electron chi connectivity index (χ3n) is 9.71. The summed E-state index contributed by atoms with van der Waals surface area (Å²) in [5.74, 6) is 0. The molecule has 0 saturated carbocycles.